The molecule has 0 amide bonds. The van der Waals surface area contributed by atoms with E-state index in [-0.39, 0.29) is 28.7 Å². The molecule has 0 fully saturated rings. The molecule has 0 heterocycles. The van der Waals surface area contributed by atoms with Crippen LogP contribution in [-0.4, -0.2) is 27.9 Å². The standard InChI is InChI=1S/C19H26O6/c1-18(2,3)12-9-11(10-13(16(12)22)19(4,5)6)25-15(21)8-7-14(20)17(23)24/h9-10,22H,7-8H2,1-6H3,(H,23,24). The normalized spacial score (nSPS) is 11.9. The molecule has 0 spiro atoms. The molecule has 0 aliphatic heterocycles. The van der Waals surface area contributed by atoms with Crippen LogP contribution in [-0.2, 0) is 25.2 Å². The number of aromatic hydroxyl groups is 1. The zero-order valence-corrected chi connectivity index (χ0v) is 15.6. The smallest absolute Gasteiger partial charge is 0.372 e. The van der Waals surface area contributed by atoms with E-state index in [1.165, 1.54) is 0 Å². The molecule has 0 saturated heterocycles. The number of ketones is 1. The lowest BCUT2D eigenvalue weighted by Gasteiger charge is -2.27. The number of carbonyl (C=O) groups excluding carboxylic acids is 2. The van der Waals surface area contributed by atoms with Crippen LogP contribution in [0.2, 0.25) is 0 Å². The summed E-state index contributed by atoms with van der Waals surface area (Å²) in [6.07, 6.45) is -0.730. The van der Waals surface area contributed by atoms with Crippen LogP contribution in [0.3, 0.4) is 0 Å². The summed E-state index contributed by atoms with van der Waals surface area (Å²) in [5.41, 5.74) is 0.547. The van der Waals surface area contributed by atoms with E-state index in [2.05, 4.69) is 0 Å². The number of hydrogen-bond donors (Lipinski definition) is 2. The van der Waals surface area contributed by atoms with Gasteiger partial charge in [-0.25, -0.2) is 4.79 Å². The number of phenolic OH excluding ortho intramolecular Hbond substituents is 1. The van der Waals surface area contributed by atoms with Crippen molar-refractivity contribution in [1.29, 1.82) is 0 Å². The summed E-state index contributed by atoms with van der Waals surface area (Å²) in [6.45, 7) is 11.6. The molecule has 0 aliphatic carbocycles. The lowest BCUT2D eigenvalue weighted by Crippen LogP contribution is -2.19. The maximum atomic E-state index is 11.9. The Morgan fingerprint density at radius 2 is 1.36 bits per heavy atom. The molecule has 1 rings (SSSR count). The summed E-state index contributed by atoms with van der Waals surface area (Å²) < 4.78 is 5.28. The minimum absolute atomic E-state index is 0.167. The van der Waals surface area contributed by atoms with Crippen LogP contribution in [0.15, 0.2) is 12.1 Å². The molecule has 0 radical (unpaired) electrons. The number of rotatable bonds is 5. The molecule has 2 N–H and O–H groups in total. The Balaban J connectivity index is 3.13. The summed E-state index contributed by atoms with van der Waals surface area (Å²) in [7, 11) is 0. The molecule has 1 aromatic carbocycles. The summed E-state index contributed by atoms with van der Waals surface area (Å²) in [5, 5.41) is 19.1. The monoisotopic (exact) mass is 350 g/mol. The molecule has 1 aromatic rings. The first kappa shape index (κ1) is 20.7. The van der Waals surface area contributed by atoms with E-state index >= 15 is 0 Å². The molecule has 0 unspecified atom stereocenters. The second kappa shape index (κ2) is 7.25. The first-order valence-corrected chi connectivity index (χ1v) is 8.08. The number of carbonyl (C=O) groups is 3. The zero-order valence-electron chi connectivity index (χ0n) is 15.6. The number of phenols is 1. The van der Waals surface area contributed by atoms with Gasteiger partial charge in [0.05, 0.1) is 6.42 Å². The molecule has 0 bridgehead atoms. The van der Waals surface area contributed by atoms with Crippen LogP contribution in [0, 0.1) is 0 Å². The van der Waals surface area contributed by atoms with E-state index in [0.717, 1.165) is 0 Å². The van der Waals surface area contributed by atoms with Gasteiger partial charge in [-0.1, -0.05) is 41.5 Å². The molecule has 0 aromatic heterocycles. The average Bonchev–Trinajstić information content (AvgIpc) is 2.43. The summed E-state index contributed by atoms with van der Waals surface area (Å²) in [4.78, 5) is 33.5. The van der Waals surface area contributed by atoms with Crippen molar-refractivity contribution in [2.45, 2.75) is 65.2 Å². The van der Waals surface area contributed by atoms with Crippen LogP contribution < -0.4 is 4.74 Å². The van der Waals surface area contributed by atoms with E-state index in [0.29, 0.717) is 11.1 Å². The van der Waals surface area contributed by atoms with Crippen molar-refractivity contribution in [3.8, 4) is 11.5 Å². The highest BCUT2D eigenvalue weighted by molar-refractivity contribution is 6.32. The molecule has 6 heteroatoms. The molecule has 6 nitrogen and oxygen atoms in total. The Morgan fingerprint density at radius 1 is 0.920 bits per heavy atom. The Hall–Kier alpha value is -2.37. The van der Waals surface area contributed by atoms with Crippen molar-refractivity contribution >= 4 is 17.7 Å². The second-order valence-electron chi connectivity index (χ2n) is 8.07. The van der Waals surface area contributed by atoms with E-state index < -0.39 is 24.1 Å². The molecular formula is C19H26O6. The SMILES string of the molecule is CC(C)(C)c1cc(OC(=O)CCC(=O)C(=O)O)cc(C(C)(C)C)c1O. The number of benzene rings is 1. The van der Waals surface area contributed by atoms with Crippen molar-refractivity contribution in [2.24, 2.45) is 0 Å². The molecule has 0 atom stereocenters. The lowest BCUT2D eigenvalue weighted by molar-refractivity contribution is -0.149. The van der Waals surface area contributed by atoms with E-state index in [9.17, 15) is 19.5 Å². The van der Waals surface area contributed by atoms with Gasteiger partial charge in [-0.3, -0.25) is 9.59 Å². The van der Waals surface area contributed by atoms with Crippen LogP contribution in [0.25, 0.3) is 0 Å². The number of Topliss-reactive ketones (excluding diaryl/α,β-unsaturated/α-hetero) is 1. The fraction of sp³-hybridized carbons (Fsp3) is 0.526. The van der Waals surface area contributed by atoms with Gasteiger partial charge in [0.2, 0.25) is 5.78 Å². The minimum atomic E-state index is -1.57. The van der Waals surface area contributed by atoms with Crippen molar-refractivity contribution in [1.82, 2.24) is 0 Å². The highest BCUT2D eigenvalue weighted by atomic mass is 16.5. The fourth-order valence-electron chi connectivity index (χ4n) is 2.32. The van der Waals surface area contributed by atoms with Crippen molar-refractivity contribution in [3.05, 3.63) is 23.3 Å². The maximum absolute atomic E-state index is 11.9. The molecular weight excluding hydrogens is 324 g/mol. The van der Waals surface area contributed by atoms with Crippen LogP contribution in [0.1, 0.15) is 65.5 Å². The van der Waals surface area contributed by atoms with E-state index in [1.807, 2.05) is 41.5 Å². The van der Waals surface area contributed by atoms with Crippen LogP contribution in [0.5, 0.6) is 11.5 Å². The third kappa shape index (κ3) is 5.59. The van der Waals surface area contributed by atoms with Gasteiger partial charge in [-0.15, -0.1) is 0 Å². The fourth-order valence-corrected chi connectivity index (χ4v) is 2.32. The van der Waals surface area contributed by atoms with Gasteiger partial charge in [-0.05, 0) is 23.0 Å². The first-order chi connectivity index (χ1) is 11.2. The zero-order chi connectivity index (χ0) is 19.6. The summed E-state index contributed by atoms with van der Waals surface area (Å²) >= 11 is 0. The van der Waals surface area contributed by atoms with Gasteiger partial charge in [-0.2, -0.15) is 0 Å². The highest BCUT2D eigenvalue weighted by Crippen LogP contribution is 2.41. The first-order valence-electron chi connectivity index (χ1n) is 8.08. The Labute approximate surface area is 147 Å². The number of carboxylic acids is 1. The number of ether oxygens (including phenoxy) is 1. The molecule has 0 saturated carbocycles. The third-order valence-corrected chi connectivity index (χ3v) is 3.73. The number of carboxylic acid groups (broad SMARTS) is 1. The molecule has 25 heavy (non-hydrogen) atoms. The van der Waals surface area contributed by atoms with Gasteiger partial charge >= 0.3 is 11.9 Å². The number of aliphatic carboxylic acids is 1. The Morgan fingerprint density at radius 3 is 1.72 bits per heavy atom. The van der Waals surface area contributed by atoms with E-state index in [1.54, 1.807) is 12.1 Å². The van der Waals surface area contributed by atoms with Crippen molar-refractivity contribution in [3.63, 3.8) is 0 Å². The van der Waals surface area contributed by atoms with Gasteiger partial charge in [0, 0.05) is 17.5 Å². The van der Waals surface area contributed by atoms with Gasteiger partial charge in [0.25, 0.3) is 0 Å². The Kier molecular flexibility index (Phi) is 6.00. The summed E-state index contributed by atoms with van der Waals surface area (Å²) in [6, 6.07) is 3.20. The quantitative estimate of drug-likeness (QED) is 0.480. The highest BCUT2D eigenvalue weighted by Gasteiger charge is 2.27. The van der Waals surface area contributed by atoms with Gasteiger partial charge in [0.1, 0.15) is 11.5 Å². The second-order valence-corrected chi connectivity index (χ2v) is 8.07. The van der Waals surface area contributed by atoms with Crippen molar-refractivity contribution < 1.29 is 29.3 Å². The van der Waals surface area contributed by atoms with E-state index in [4.69, 9.17) is 9.84 Å². The minimum Gasteiger partial charge on any atom is -0.507 e. The molecule has 138 valence electrons. The Bertz CT molecular complexity index is 654. The largest absolute Gasteiger partial charge is 0.507 e. The third-order valence-electron chi connectivity index (χ3n) is 3.73. The molecule has 0 aliphatic rings. The summed E-state index contributed by atoms with van der Waals surface area (Å²) in [5.74, 6) is -2.86. The number of hydrogen-bond acceptors (Lipinski definition) is 5. The maximum Gasteiger partial charge on any atom is 0.372 e. The van der Waals surface area contributed by atoms with Crippen LogP contribution >= 0.6 is 0 Å². The number of esters is 1. The average molecular weight is 350 g/mol. The topological polar surface area (TPSA) is 101 Å². The van der Waals surface area contributed by atoms with Gasteiger partial charge in [0.15, 0.2) is 0 Å². The van der Waals surface area contributed by atoms with Crippen LogP contribution in [0.4, 0.5) is 0 Å². The lowest BCUT2D eigenvalue weighted by atomic mass is 9.79. The van der Waals surface area contributed by atoms with Crippen molar-refractivity contribution in [2.75, 3.05) is 0 Å². The predicted octanol–water partition coefficient (Wildman–Crippen LogP) is 3.33. The van der Waals surface area contributed by atoms with Gasteiger partial charge < -0.3 is 14.9 Å². The predicted molar refractivity (Wildman–Crippen MR) is 93.0 cm³/mol.